The molecule has 246 valence electrons. The van der Waals surface area contributed by atoms with E-state index in [1.165, 1.54) is 54.8 Å². The lowest BCUT2D eigenvalue weighted by atomic mass is 9.97. The van der Waals surface area contributed by atoms with E-state index in [0.29, 0.717) is 5.82 Å². The number of rotatable bonds is 5. The van der Waals surface area contributed by atoms with Crippen LogP contribution in [0.15, 0.2) is 170 Å². The van der Waals surface area contributed by atoms with Crippen LogP contribution < -0.4 is 0 Å². The molecule has 0 aliphatic rings. The number of aryl methyl sites for hydroxylation is 2. The molecule has 0 amide bonds. The molecule has 10 aromatic rings. The van der Waals surface area contributed by atoms with Gasteiger partial charge in [0.05, 0.1) is 22.4 Å². The van der Waals surface area contributed by atoms with Crippen molar-refractivity contribution in [2.45, 2.75) is 6.92 Å². The lowest BCUT2D eigenvalue weighted by Gasteiger charge is -2.11. The van der Waals surface area contributed by atoms with Crippen molar-refractivity contribution in [2.24, 2.45) is 7.05 Å². The smallest absolute Gasteiger partial charge is 0.160 e. The fourth-order valence-corrected chi connectivity index (χ4v) is 7.88. The predicted molar refractivity (Wildman–Crippen MR) is 217 cm³/mol. The van der Waals surface area contributed by atoms with E-state index in [9.17, 15) is 0 Å². The van der Waals surface area contributed by atoms with Gasteiger partial charge in [0, 0.05) is 62.0 Å². The van der Waals surface area contributed by atoms with E-state index in [1.807, 2.05) is 6.07 Å². The van der Waals surface area contributed by atoms with Crippen molar-refractivity contribution in [1.82, 2.24) is 19.1 Å². The lowest BCUT2D eigenvalue weighted by molar-refractivity contribution is 1.01. The van der Waals surface area contributed by atoms with E-state index < -0.39 is 0 Å². The third kappa shape index (κ3) is 4.84. The van der Waals surface area contributed by atoms with E-state index in [4.69, 9.17) is 9.97 Å². The highest BCUT2D eigenvalue weighted by atomic mass is 15.0. The van der Waals surface area contributed by atoms with Crippen LogP contribution in [0, 0.1) is 6.92 Å². The Bertz CT molecular complexity index is 2950. The molecule has 0 bridgehead atoms. The first-order valence-corrected chi connectivity index (χ1v) is 17.7. The van der Waals surface area contributed by atoms with Gasteiger partial charge in [0.15, 0.2) is 5.82 Å². The first-order chi connectivity index (χ1) is 25.6. The topological polar surface area (TPSA) is 35.6 Å². The van der Waals surface area contributed by atoms with Gasteiger partial charge in [0.1, 0.15) is 0 Å². The fraction of sp³-hybridized carbons (Fsp3) is 0.0417. The van der Waals surface area contributed by atoms with E-state index in [2.05, 4.69) is 187 Å². The zero-order valence-corrected chi connectivity index (χ0v) is 29.0. The first kappa shape index (κ1) is 30.1. The molecule has 0 N–H and O–H groups in total. The number of hydrogen-bond donors (Lipinski definition) is 0. The molecule has 4 heteroatoms. The predicted octanol–water partition coefficient (Wildman–Crippen LogP) is 12.2. The van der Waals surface area contributed by atoms with Crippen molar-refractivity contribution in [3.05, 3.63) is 175 Å². The fourth-order valence-electron chi connectivity index (χ4n) is 7.88. The molecule has 10 rings (SSSR count). The Morgan fingerprint density at radius 2 is 1.02 bits per heavy atom. The zero-order chi connectivity index (χ0) is 34.8. The molecule has 0 radical (unpaired) electrons. The molecule has 0 atom stereocenters. The second-order valence-electron chi connectivity index (χ2n) is 13.6. The lowest BCUT2D eigenvalue weighted by Crippen LogP contribution is -1.96. The maximum Gasteiger partial charge on any atom is 0.160 e. The largest absolute Gasteiger partial charge is 0.344 e. The Kier molecular flexibility index (Phi) is 6.90. The van der Waals surface area contributed by atoms with Gasteiger partial charge in [0.2, 0.25) is 0 Å². The highest BCUT2D eigenvalue weighted by Crippen LogP contribution is 2.38. The van der Waals surface area contributed by atoms with Crippen molar-refractivity contribution in [2.75, 3.05) is 0 Å². The van der Waals surface area contributed by atoms with Crippen molar-refractivity contribution < 1.29 is 0 Å². The number of para-hydroxylation sites is 2. The molecule has 3 aromatic heterocycles. The Hall–Kier alpha value is -6.78. The average molecular weight is 667 g/mol. The molecule has 0 fully saturated rings. The SMILES string of the molecule is Cc1ccc2c(c1)c1cc(-c3nc(-c4ccccc4)cc(-c4ccc(-c5cccc6c5c5ccccc5n6C)cc4)n3)ccc1n2-c1ccccc1. The minimum absolute atomic E-state index is 0.705. The normalized spacial score (nSPS) is 11.7. The van der Waals surface area contributed by atoms with Crippen molar-refractivity contribution in [3.8, 4) is 50.7 Å². The summed E-state index contributed by atoms with van der Waals surface area (Å²) in [6.45, 7) is 2.15. The highest BCUT2D eigenvalue weighted by Gasteiger charge is 2.17. The van der Waals surface area contributed by atoms with E-state index in [0.717, 1.165) is 39.3 Å². The monoisotopic (exact) mass is 666 g/mol. The average Bonchev–Trinajstić information content (AvgIpc) is 3.69. The molecule has 7 aromatic carbocycles. The summed E-state index contributed by atoms with van der Waals surface area (Å²) in [5, 5.41) is 4.95. The van der Waals surface area contributed by atoms with E-state index in [-0.39, 0.29) is 0 Å². The van der Waals surface area contributed by atoms with Gasteiger partial charge in [-0.2, -0.15) is 0 Å². The highest BCUT2D eigenvalue weighted by molar-refractivity contribution is 6.15. The number of benzene rings is 7. The van der Waals surface area contributed by atoms with Gasteiger partial charge in [0.25, 0.3) is 0 Å². The summed E-state index contributed by atoms with van der Waals surface area (Å²) in [5.41, 5.74) is 14.5. The van der Waals surface area contributed by atoms with Crippen LogP contribution in [-0.2, 0) is 7.05 Å². The first-order valence-electron chi connectivity index (χ1n) is 17.7. The summed E-state index contributed by atoms with van der Waals surface area (Å²) in [5.74, 6) is 0.705. The van der Waals surface area contributed by atoms with Crippen molar-refractivity contribution in [1.29, 1.82) is 0 Å². The zero-order valence-electron chi connectivity index (χ0n) is 29.0. The molecule has 3 heterocycles. The maximum absolute atomic E-state index is 5.24. The summed E-state index contributed by atoms with van der Waals surface area (Å²) >= 11 is 0. The third-order valence-electron chi connectivity index (χ3n) is 10.4. The Morgan fingerprint density at radius 1 is 0.423 bits per heavy atom. The molecular weight excluding hydrogens is 633 g/mol. The molecule has 0 saturated carbocycles. The van der Waals surface area contributed by atoms with Crippen LogP contribution in [0.4, 0.5) is 0 Å². The molecule has 52 heavy (non-hydrogen) atoms. The van der Waals surface area contributed by atoms with Gasteiger partial charge in [-0.3, -0.25) is 0 Å². The second kappa shape index (κ2) is 11.9. The summed E-state index contributed by atoms with van der Waals surface area (Å²) in [6, 6.07) is 60.5. The maximum atomic E-state index is 5.24. The number of hydrogen-bond acceptors (Lipinski definition) is 2. The Labute approximate surface area is 301 Å². The quantitative estimate of drug-likeness (QED) is 0.183. The van der Waals surface area contributed by atoms with Crippen LogP contribution in [0.1, 0.15) is 5.56 Å². The van der Waals surface area contributed by atoms with Crippen LogP contribution in [0.25, 0.3) is 94.3 Å². The minimum Gasteiger partial charge on any atom is -0.344 e. The van der Waals surface area contributed by atoms with E-state index >= 15 is 0 Å². The van der Waals surface area contributed by atoms with Crippen molar-refractivity contribution >= 4 is 43.6 Å². The van der Waals surface area contributed by atoms with Crippen LogP contribution in [0.2, 0.25) is 0 Å². The summed E-state index contributed by atoms with van der Waals surface area (Å²) in [6.07, 6.45) is 0. The summed E-state index contributed by atoms with van der Waals surface area (Å²) < 4.78 is 4.63. The molecule has 0 spiro atoms. The van der Waals surface area contributed by atoms with Crippen molar-refractivity contribution in [3.63, 3.8) is 0 Å². The number of aromatic nitrogens is 4. The molecule has 0 aliphatic carbocycles. The Balaban J connectivity index is 1.12. The van der Waals surface area contributed by atoms with Gasteiger partial charge < -0.3 is 9.13 Å². The molecule has 4 nitrogen and oxygen atoms in total. The van der Waals surface area contributed by atoms with Crippen LogP contribution in [0.3, 0.4) is 0 Å². The van der Waals surface area contributed by atoms with Gasteiger partial charge in [-0.05, 0) is 78.7 Å². The van der Waals surface area contributed by atoms with Gasteiger partial charge in [-0.1, -0.05) is 115 Å². The standard InChI is InChI=1S/C48H34N4/c1-31-20-26-44-39(28-31)40-29-35(25-27-45(40)52(44)36-14-7-4-8-15-36)48-49-41(33-12-5-3-6-13-33)30-42(50-48)34-23-21-32(22-24-34)37-17-11-19-46-47(37)38-16-9-10-18-43(38)51(46)2/h3-30H,1-2H3. The third-order valence-corrected chi connectivity index (χ3v) is 10.4. The number of nitrogens with zero attached hydrogens (tertiary/aromatic N) is 4. The molecule has 0 aliphatic heterocycles. The van der Waals surface area contributed by atoms with Crippen LogP contribution in [-0.4, -0.2) is 19.1 Å². The van der Waals surface area contributed by atoms with Gasteiger partial charge in [-0.25, -0.2) is 9.97 Å². The Morgan fingerprint density at radius 3 is 1.79 bits per heavy atom. The summed E-state index contributed by atoms with van der Waals surface area (Å²) in [4.78, 5) is 10.4. The molecule has 0 unspecified atom stereocenters. The van der Waals surface area contributed by atoms with E-state index in [1.54, 1.807) is 0 Å². The van der Waals surface area contributed by atoms with Crippen LogP contribution >= 0.6 is 0 Å². The molecule has 0 saturated heterocycles. The summed E-state index contributed by atoms with van der Waals surface area (Å²) in [7, 11) is 2.15. The second-order valence-corrected chi connectivity index (χ2v) is 13.6. The number of fused-ring (bicyclic) bond motifs is 6. The minimum atomic E-state index is 0.705. The molecular formula is C48H34N4. The van der Waals surface area contributed by atoms with Crippen LogP contribution in [0.5, 0.6) is 0 Å². The van der Waals surface area contributed by atoms with Gasteiger partial charge >= 0.3 is 0 Å². The van der Waals surface area contributed by atoms with Gasteiger partial charge in [-0.15, -0.1) is 0 Å².